The fourth-order valence-electron chi connectivity index (χ4n) is 4.22. The standard InChI is InChI=1S/C24H32N6/c1-18-16-20(13-15-30(18)17-19-8-4-3-5-9-19)27-24(25-2)26-14-12-23-28-21-10-6-7-11-22(21)29-23/h3-11,18,20H,12-17H2,1-2H3,(H,28,29)(H2,25,26,27). The molecule has 0 bridgehead atoms. The average molecular weight is 405 g/mol. The summed E-state index contributed by atoms with van der Waals surface area (Å²) in [5, 5.41) is 7.06. The molecule has 0 aliphatic carbocycles. The van der Waals surface area contributed by atoms with Crippen molar-refractivity contribution in [3.63, 3.8) is 0 Å². The summed E-state index contributed by atoms with van der Waals surface area (Å²) in [6.45, 7) is 5.25. The van der Waals surface area contributed by atoms with E-state index in [0.717, 1.165) is 61.7 Å². The van der Waals surface area contributed by atoms with Gasteiger partial charge in [-0.2, -0.15) is 0 Å². The summed E-state index contributed by atoms with van der Waals surface area (Å²) in [7, 11) is 1.84. The number of hydrogen-bond acceptors (Lipinski definition) is 3. The number of likely N-dealkylation sites (tertiary alicyclic amines) is 1. The summed E-state index contributed by atoms with van der Waals surface area (Å²) < 4.78 is 0. The molecule has 0 spiro atoms. The fourth-order valence-corrected chi connectivity index (χ4v) is 4.22. The summed E-state index contributed by atoms with van der Waals surface area (Å²) in [5.41, 5.74) is 3.50. The maximum Gasteiger partial charge on any atom is 0.191 e. The molecule has 2 unspecified atom stereocenters. The minimum Gasteiger partial charge on any atom is -0.356 e. The van der Waals surface area contributed by atoms with E-state index in [4.69, 9.17) is 0 Å². The van der Waals surface area contributed by atoms with E-state index in [0.29, 0.717) is 12.1 Å². The quantitative estimate of drug-likeness (QED) is 0.435. The summed E-state index contributed by atoms with van der Waals surface area (Å²) in [6.07, 6.45) is 3.08. The van der Waals surface area contributed by atoms with Crippen LogP contribution >= 0.6 is 0 Å². The maximum absolute atomic E-state index is 4.64. The molecule has 1 aliphatic rings. The van der Waals surface area contributed by atoms with Crippen LogP contribution in [0.2, 0.25) is 0 Å². The third kappa shape index (κ3) is 5.19. The van der Waals surface area contributed by atoms with Crippen molar-refractivity contribution in [2.45, 2.75) is 44.8 Å². The molecule has 158 valence electrons. The van der Waals surface area contributed by atoms with Crippen LogP contribution in [-0.2, 0) is 13.0 Å². The number of para-hydroxylation sites is 2. The highest BCUT2D eigenvalue weighted by atomic mass is 15.2. The van der Waals surface area contributed by atoms with Crippen molar-refractivity contribution in [1.29, 1.82) is 0 Å². The van der Waals surface area contributed by atoms with E-state index in [1.54, 1.807) is 0 Å². The number of fused-ring (bicyclic) bond motifs is 1. The van der Waals surface area contributed by atoms with Crippen LogP contribution in [0.5, 0.6) is 0 Å². The lowest BCUT2D eigenvalue weighted by Crippen LogP contribution is -2.51. The van der Waals surface area contributed by atoms with Crippen LogP contribution in [0.4, 0.5) is 0 Å². The molecule has 0 amide bonds. The lowest BCUT2D eigenvalue weighted by Gasteiger charge is -2.38. The van der Waals surface area contributed by atoms with Gasteiger partial charge in [0.15, 0.2) is 5.96 Å². The van der Waals surface area contributed by atoms with Crippen LogP contribution in [-0.4, -0.2) is 53.0 Å². The minimum absolute atomic E-state index is 0.449. The zero-order valence-electron chi connectivity index (χ0n) is 17.9. The molecule has 4 rings (SSSR count). The van der Waals surface area contributed by atoms with E-state index in [-0.39, 0.29) is 0 Å². The van der Waals surface area contributed by atoms with Gasteiger partial charge in [0.2, 0.25) is 0 Å². The Morgan fingerprint density at radius 3 is 2.73 bits per heavy atom. The van der Waals surface area contributed by atoms with Crippen LogP contribution in [0, 0.1) is 0 Å². The Kier molecular flexibility index (Phi) is 6.64. The third-order valence-electron chi connectivity index (χ3n) is 5.90. The van der Waals surface area contributed by atoms with E-state index in [1.165, 1.54) is 5.56 Å². The first-order chi connectivity index (χ1) is 14.7. The Morgan fingerprint density at radius 2 is 1.97 bits per heavy atom. The number of aromatic nitrogens is 2. The Balaban J connectivity index is 1.23. The van der Waals surface area contributed by atoms with Crippen molar-refractivity contribution < 1.29 is 0 Å². The van der Waals surface area contributed by atoms with Gasteiger partial charge in [-0.15, -0.1) is 0 Å². The number of benzene rings is 2. The smallest absolute Gasteiger partial charge is 0.191 e. The monoisotopic (exact) mass is 404 g/mol. The normalized spacial score (nSPS) is 20.4. The Morgan fingerprint density at radius 1 is 1.17 bits per heavy atom. The molecular weight excluding hydrogens is 372 g/mol. The molecule has 6 nitrogen and oxygen atoms in total. The molecule has 2 heterocycles. The molecule has 1 fully saturated rings. The minimum atomic E-state index is 0.449. The Hall–Kier alpha value is -2.86. The number of piperidine rings is 1. The molecule has 1 aromatic heterocycles. The molecule has 1 aliphatic heterocycles. The second-order valence-corrected chi connectivity index (χ2v) is 8.12. The van der Waals surface area contributed by atoms with Crippen molar-refractivity contribution in [1.82, 2.24) is 25.5 Å². The summed E-state index contributed by atoms with van der Waals surface area (Å²) >= 11 is 0. The highest BCUT2D eigenvalue weighted by molar-refractivity contribution is 5.80. The molecule has 30 heavy (non-hydrogen) atoms. The van der Waals surface area contributed by atoms with Crippen LogP contribution in [0.15, 0.2) is 59.6 Å². The second kappa shape index (κ2) is 9.76. The third-order valence-corrected chi connectivity index (χ3v) is 5.90. The van der Waals surface area contributed by atoms with Gasteiger partial charge in [-0.3, -0.25) is 9.89 Å². The van der Waals surface area contributed by atoms with Gasteiger partial charge in [-0.25, -0.2) is 4.98 Å². The average Bonchev–Trinajstić information content (AvgIpc) is 3.18. The van der Waals surface area contributed by atoms with E-state index in [2.05, 4.69) is 73.8 Å². The molecular formula is C24H32N6. The van der Waals surface area contributed by atoms with Crippen molar-refractivity contribution in [2.75, 3.05) is 20.1 Å². The van der Waals surface area contributed by atoms with Crippen LogP contribution in [0.3, 0.4) is 0 Å². The molecule has 6 heteroatoms. The summed E-state index contributed by atoms with van der Waals surface area (Å²) in [4.78, 5) is 15.0. The van der Waals surface area contributed by atoms with E-state index in [1.807, 2.05) is 25.2 Å². The fraction of sp³-hybridized carbons (Fsp3) is 0.417. The first kappa shape index (κ1) is 20.4. The molecule has 2 atom stereocenters. The zero-order valence-corrected chi connectivity index (χ0v) is 17.9. The van der Waals surface area contributed by atoms with Gasteiger partial charge in [-0.05, 0) is 37.5 Å². The van der Waals surface area contributed by atoms with E-state index in [9.17, 15) is 0 Å². The van der Waals surface area contributed by atoms with Crippen LogP contribution in [0.1, 0.15) is 31.2 Å². The van der Waals surface area contributed by atoms with Gasteiger partial charge in [0.1, 0.15) is 5.82 Å². The van der Waals surface area contributed by atoms with Crippen LogP contribution < -0.4 is 10.6 Å². The number of hydrogen-bond donors (Lipinski definition) is 3. The number of aliphatic imine (C=N–C) groups is 1. The Labute approximate surface area is 178 Å². The predicted molar refractivity (Wildman–Crippen MR) is 124 cm³/mol. The van der Waals surface area contributed by atoms with Gasteiger partial charge >= 0.3 is 0 Å². The first-order valence-electron chi connectivity index (χ1n) is 10.9. The Bertz CT molecular complexity index is 931. The second-order valence-electron chi connectivity index (χ2n) is 8.12. The van der Waals surface area contributed by atoms with Gasteiger partial charge < -0.3 is 15.6 Å². The highest BCUT2D eigenvalue weighted by Crippen LogP contribution is 2.20. The molecule has 3 aromatic rings. The molecule has 3 N–H and O–H groups in total. The lowest BCUT2D eigenvalue weighted by atomic mass is 9.97. The summed E-state index contributed by atoms with van der Waals surface area (Å²) in [5.74, 6) is 1.88. The molecule has 0 saturated carbocycles. The largest absolute Gasteiger partial charge is 0.356 e. The molecule has 0 radical (unpaired) electrons. The van der Waals surface area contributed by atoms with Gasteiger partial charge in [0.05, 0.1) is 11.0 Å². The summed E-state index contributed by atoms with van der Waals surface area (Å²) in [6, 6.07) is 19.9. The van der Waals surface area contributed by atoms with Crippen molar-refractivity contribution in [3.8, 4) is 0 Å². The lowest BCUT2D eigenvalue weighted by molar-refractivity contribution is 0.134. The number of rotatable bonds is 6. The first-order valence-corrected chi connectivity index (χ1v) is 10.9. The number of H-pyrrole nitrogens is 1. The van der Waals surface area contributed by atoms with Gasteiger partial charge in [0.25, 0.3) is 0 Å². The number of imidazole rings is 1. The number of guanidine groups is 1. The van der Waals surface area contributed by atoms with Crippen molar-refractivity contribution in [2.24, 2.45) is 4.99 Å². The number of nitrogens with one attached hydrogen (secondary N) is 3. The van der Waals surface area contributed by atoms with E-state index < -0.39 is 0 Å². The van der Waals surface area contributed by atoms with Crippen LogP contribution in [0.25, 0.3) is 11.0 Å². The van der Waals surface area contributed by atoms with Crippen molar-refractivity contribution >= 4 is 17.0 Å². The SMILES string of the molecule is CN=C(NCCc1nc2ccccc2[nH]1)NC1CCN(Cc2ccccc2)C(C)C1. The molecule has 2 aromatic carbocycles. The zero-order chi connectivity index (χ0) is 20.8. The number of nitrogens with zero attached hydrogens (tertiary/aromatic N) is 3. The van der Waals surface area contributed by atoms with Gasteiger partial charge in [-0.1, -0.05) is 42.5 Å². The van der Waals surface area contributed by atoms with E-state index >= 15 is 0 Å². The topological polar surface area (TPSA) is 68.3 Å². The maximum atomic E-state index is 4.64. The van der Waals surface area contributed by atoms with Crippen molar-refractivity contribution in [3.05, 3.63) is 66.0 Å². The predicted octanol–water partition coefficient (Wildman–Crippen LogP) is 3.32. The molecule has 1 saturated heterocycles. The highest BCUT2D eigenvalue weighted by Gasteiger charge is 2.25. The number of aromatic amines is 1. The van der Waals surface area contributed by atoms with Gasteiger partial charge in [0, 0.05) is 45.2 Å².